The smallest absolute Gasteiger partial charge is 0.314 e. The fourth-order valence-corrected chi connectivity index (χ4v) is 1.32. The molecule has 0 aromatic carbocycles. The predicted octanol–water partition coefficient (Wildman–Crippen LogP) is 2.22. The van der Waals surface area contributed by atoms with Gasteiger partial charge in [-0.05, 0) is 26.2 Å². The van der Waals surface area contributed by atoms with Crippen LogP contribution >= 0.6 is 0 Å². The SMILES string of the molecule is CC(C)CCCCNC(=O)NCC(C)(C)C(=O)O. The van der Waals surface area contributed by atoms with Gasteiger partial charge < -0.3 is 15.7 Å². The normalized spacial score (nSPS) is 11.4. The summed E-state index contributed by atoms with van der Waals surface area (Å²) in [4.78, 5) is 22.2. The Hall–Kier alpha value is -1.26. The topological polar surface area (TPSA) is 78.4 Å². The zero-order valence-electron chi connectivity index (χ0n) is 11.9. The number of nitrogens with one attached hydrogen (secondary N) is 2. The first kappa shape index (κ1) is 16.7. The van der Waals surface area contributed by atoms with E-state index in [4.69, 9.17) is 5.11 Å². The highest BCUT2D eigenvalue weighted by Crippen LogP contribution is 2.12. The lowest BCUT2D eigenvalue weighted by Crippen LogP contribution is -2.43. The number of rotatable bonds is 8. The van der Waals surface area contributed by atoms with Crippen molar-refractivity contribution >= 4 is 12.0 Å². The maximum absolute atomic E-state index is 11.4. The van der Waals surface area contributed by atoms with E-state index in [1.165, 1.54) is 0 Å². The van der Waals surface area contributed by atoms with Crippen LogP contribution in [0.25, 0.3) is 0 Å². The van der Waals surface area contributed by atoms with Gasteiger partial charge in [0, 0.05) is 13.1 Å². The third kappa shape index (κ3) is 7.92. The number of carboxylic acid groups (broad SMARTS) is 1. The summed E-state index contributed by atoms with van der Waals surface area (Å²) in [6.07, 6.45) is 3.21. The zero-order chi connectivity index (χ0) is 14.2. The highest BCUT2D eigenvalue weighted by atomic mass is 16.4. The Balaban J connectivity index is 3.64. The molecule has 0 saturated carbocycles. The molecule has 5 heteroatoms. The Morgan fingerprint density at radius 2 is 1.78 bits per heavy atom. The van der Waals surface area contributed by atoms with Crippen LogP contribution in [-0.4, -0.2) is 30.2 Å². The van der Waals surface area contributed by atoms with Gasteiger partial charge in [-0.3, -0.25) is 4.79 Å². The van der Waals surface area contributed by atoms with Crippen molar-refractivity contribution in [2.45, 2.75) is 47.0 Å². The van der Waals surface area contributed by atoms with Gasteiger partial charge in [-0.2, -0.15) is 0 Å². The van der Waals surface area contributed by atoms with Gasteiger partial charge in [0.25, 0.3) is 0 Å². The van der Waals surface area contributed by atoms with Crippen molar-refractivity contribution in [3.05, 3.63) is 0 Å². The van der Waals surface area contributed by atoms with Gasteiger partial charge in [0.2, 0.25) is 0 Å². The quantitative estimate of drug-likeness (QED) is 0.584. The Labute approximate surface area is 109 Å². The van der Waals surface area contributed by atoms with Gasteiger partial charge in [-0.1, -0.05) is 26.7 Å². The summed E-state index contributed by atoms with van der Waals surface area (Å²) in [5.41, 5.74) is -0.936. The Bertz CT molecular complexity index is 275. The molecule has 0 radical (unpaired) electrons. The predicted molar refractivity (Wildman–Crippen MR) is 71.5 cm³/mol. The molecule has 18 heavy (non-hydrogen) atoms. The van der Waals surface area contributed by atoms with Crippen LogP contribution < -0.4 is 10.6 Å². The van der Waals surface area contributed by atoms with E-state index in [2.05, 4.69) is 24.5 Å². The molecule has 0 unspecified atom stereocenters. The van der Waals surface area contributed by atoms with E-state index in [9.17, 15) is 9.59 Å². The first-order valence-electron chi connectivity index (χ1n) is 6.51. The molecule has 0 aliphatic heterocycles. The number of hydrogen-bond donors (Lipinski definition) is 3. The number of carbonyl (C=O) groups excluding carboxylic acids is 1. The van der Waals surface area contributed by atoms with Crippen LogP contribution in [0.15, 0.2) is 0 Å². The molecule has 0 saturated heterocycles. The molecule has 0 bridgehead atoms. The zero-order valence-corrected chi connectivity index (χ0v) is 11.9. The molecule has 0 rings (SSSR count). The molecule has 0 fully saturated rings. The summed E-state index contributed by atoms with van der Waals surface area (Å²) in [7, 11) is 0. The van der Waals surface area contributed by atoms with Crippen LogP contribution in [0.3, 0.4) is 0 Å². The van der Waals surface area contributed by atoms with E-state index < -0.39 is 11.4 Å². The Morgan fingerprint density at radius 3 is 2.28 bits per heavy atom. The summed E-state index contributed by atoms with van der Waals surface area (Å²) < 4.78 is 0. The van der Waals surface area contributed by atoms with Crippen molar-refractivity contribution in [3.8, 4) is 0 Å². The molecule has 5 nitrogen and oxygen atoms in total. The van der Waals surface area contributed by atoms with Gasteiger partial charge in [0.1, 0.15) is 0 Å². The lowest BCUT2D eigenvalue weighted by Gasteiger charge is -2.19. The van der Waals surface area contributed by atoms with Crippen LogP contribution in [0.2, 0.25) is 0 Å². The summed E-state index contributed by atoms with van der Waals surface area (Å²) in [6, 6.07) is -0.297. The average Bonchev–Trinajstić information content (AvgIpc) is 2.25. The molecule has 0 atom stereocenters. The number of hydrogen-bond acceptors (Lipinski definition) is 2. The van der Waals surface area contributed by atoms with Crippen molar-refractivity contribution in [2.24, 2.45) is 11.3 Å². The first-order chi connectivity index (χ1) is 8.25. The van der Waals surface area contributed by atoms with Gasteiger partial charge in [-0.15, -0.1) is 0 Å². The van der Waals surface area contributed by atoms with Gasteiger partial charge in [0.05, 0.1) is 5.41 Å². The lowest BCUT2D eigenvalue weighted by molar-refractivity contribution is -0.146. The van der Waals surface area contributed by atoms with E-state index in [1.54, 1.807) is 13.8 Å². The van der Waals surface area contributed by atoms with E-state index in [1.807, 2.05) is 0 Å². The van der Waals surface area contributed by atoms with Crippen molar-refractivity contribution in [1.29, 1.82) is 0 Å². The molecule has 0 spiro atoms. The molecular weight excluding hydrogens is 232 g/mol. The second-order valence-electron chi connectivity index (χ2n) is 5.69. The van der Waals surface area contributed by atoms with Crippen molar-refractivity contribution in [2.75, 3.05) is 13.1 Å². The third-order valence-corrected chi connectivity index (χ3v) is 2.76. The van der Waals surface area contributed by atoms with E-state index >= 15 is 0 Å². The number of carbonyl (C=O) groups is 2. The highest BCUT2D eigenvalue weighted by Gasteiger charge is 2.27. The second kappa shape index (κ2) is 7.95. The molecule has 2 amide bonds. The van der Waals surface area contributed by atoms with Gasteiger partial charge in [0.15, 0.2) is 0 Å². The van der Waals surface area contributed by atoms with Crippen molar-refractivity contribution in [3.63, 3.8) is 0 Å². The van der Waals surface area contributed by atoms with Gasteiger partial charge >= 0.3 is 12.0 Å². The molecule has 0 aromatic heterocycles. The minimum absolute atomic E-state index is 0.125. The van der Waals surface area contributed by atoms with Gasteiger partial charge in [-0.25, -0.2) is 4.79 Å². The standard InChI is InChI=1S/C13H26N2O3/c1-10(2)7-5-6-8-14-12(18)15-9-13(3,4)11(16)17/h10H,5-9H2,1-4H3,(H,16,17)(H2,14,15,18). The molecule has 0 aliphatic carbocycles. The fourth-order valence-electron chi connectivity index (χ4n) is 1.32. The van der Waals surface area contributed by atoms with E-state index in [0.717, 1.165) is 19.3 Å². The molecule has 3 N–H and O–H groups in total. The van der Waals surface area contributed by atoms with E-state index in [0.29, 0.717) is 12.5 Å². The molecule has 0 aliphatic rings. The largest absolute Gasteiger partial charge is 0.481 e. The number of unbranched alkanes of at least 4 members (excludes halogenated alkanes) is 1. The summed E-state index contributed by atoms with van der Waals surface area (Å²) in [5.74, 6) is -0.227. The van der Waals surface area contributed by atoms with Crippen molar-refractivity contribution in [1.82, 2.24) is 10.6 Å². The van der Waals surface area contributed by atoms with Crippen LogP contribution in [0.4, 0.5) is 4.79 Å². The number of aliphatic carboxylic acids is 1. The summed E-state index contributed by atoms with van der Waals surface area (Å²) in [6.45, 7) is 8.27. The second-order valence-corrected chi connectivity index (χ2v) is 5.69. The number of urea groups is 1. The van der Waals surface area contributed by atoms with Crippen LogP contribution in [0.1, 0.15) is 47.0 Å². The monoisotopic (exact) mass is 258 g/mol. The number of amides is 2. The minimum atomic E-state index is -0.936. The first-order valence-corrected chi connectivity index (χ1v) is 6.51. The fraction of sp³-hybridized carbons (Fsp3) is 0.846. The molecule has 0 aromatic rings. The Kier molecular flexibility index (Phi) is 7.39. The Morgan fingerprint density at radius 1 is 1.17 bits per heavy atom. The maximum atomic E-state index is 11.4. The third-order valence-electron chi connectivity index (χ3n) is 2.76. The van der Waals surface area contributed by atoms with E-state index in [-0.39, 0.29) is 12.6 Å². The van der Waals surface area contributed by atoms with Crippen molar-refractivity contribution < 1.29 is 14.7 Å². The van der Waals surface area contributed by atoms with Crippen LogP contribution in [-0.2, 0) is 4.79 Å². The number of carboxylic acids is 1. The summed E-state index contributed by atoms with van der Waals surface area (Å²) >= 11 is 0. The van der Waals surface area contributed by atoms with Crippen LogP contribution in [0.5, 0.6) is 0 Å². The molecule has 106 valence electrons. The minimum Gasteiger partial charge on any atom is -0.481 e. The summed E-state index contributed by atoms with van der Waals surface area (Å²) in [5, 5.41) is 14.2. The lowest BCUT2D eigenvalue weighted by atomic mass is 9.94. The highest BCUT2D eigenvalue weighted by molar-refractivity contribution is 5.77. The average molecular weight is 258 g/mol. The molecule has 0 heterocycles. The molecular formula is C13H26N2O3. The van der Waals surface area contributed by atoms with Crippen LogP contribution in [0, 0.1) is 11.3 Å². The maximum Gasteiger partial charge on any atom is 0.314 e.